The first-order valence-corrected chi connectivity index (χ1v) is 8.28. The quantitative estimate of drug-likeness (QED) is 0.652. The van der Waals surface area contributed by atoms with Gasteiger partial charge in [0, 0.05) is 18.8 Å². The number of amides is 1. The molecule has 0 aliphatic rings. The van der Waals surface area contributed by atoms with Crippen LogP contribution in [0.3, 0.4) is 0 Å². The summed E-state index contributed by atoms with van der Waals surface area (Å²) in [4.78, 5) is 14.2. The van der Waals surface area contributed by atoms with Crippen molar-refractivity contribution in [1.82, 2.24) is 4.90 Å². The van der Waals surface area contributed by atoms with Gasteiger partial charge in [-0.25, -0.2) is 0 Å². The molecule has 0 fully saturated rings. The zero-order valence-electron chi connectivity index (χ0n) is 14.4. The first-order valence-electron chi connectivity index (χ1n) is 8.28. The fourth-order valence-electron chi connectivity index (χ4n) is 2.47. The molecule has 0 saturated heterocycles. The first kappa shape index (κ1) is 19.6. The highest BCUT2D eigenvalue weighted by Gasteiger charge is 2.10. The number of ether oxygens (including phenoxy) is 1. The second-order valence-corrected chi connectivity index (χ2v) is 5.71. The van der Waals surface area contributed by atoms with Gasteiger partial charge in [0.2, 0.25) is 5.91 Å². The van der Waals surface area contributed by atoms with E-state index in [2.05, 4.69) is 28.8 Å². The lowest BCUT2D eigenvalue weighted by atomic mass is 10.1. The van der Waals surface area contributed by atoms with Crippen molar-refractivity contribution in [3.8, 4) is 5.75 Å². The highest BCUT2D eigenvalue weighted by Crippen LogP contribution is 2.17. The molecule has 0 spiro atoms. The summed E-state index contributed by atoms with van der Waals surface area (Å²) in [5.41, 5.74) is 1.73. The van der Waals surface area contributed by atoms with E-state index in [1.807, 2.05) is 23.1 Å². The largest absolute Gasteiger partial charge is 0.435 e. The number of nitrogens with zero attached hydrogens (tertiary/aromatic N) is 1. The van der Waals surface area contributed by atoms with Crippen LogP contribution in [0.25, 0.3) is 0 Å². The highest BCUT2D eigenvalue weighted by atomic mass is 19.3. The molecule has 138 valence electrons. The number of alkyl halides is 2. The lowest BCUT2D eigenvalue weighted by Crippen LogP contribution is -2.34. The molecule has 0 aliphatic carbocycles. The number of hydrogen-bond acceptors (Lipinski definition) is 3. The minimum atomic E-state index is -2.87. The number of carbonyl (C=O) groups excluding carboxylic acids is 1. The molecule has 0 bridgehead atoms. The third-order valence-electron chi connectivity index (χ3n) is 3.68. The summed E-state index contributed by atoms with van der Waals surface area (Å²) in [6, 6.07) is 15.9. The number of halogens is 2. The summed E-state index contributed by atoms with van der Waals surface area (Å²) < 4.78 is 28.6. The molecular formula is C20H22F2N2O2. The molecule has 2 rings (SSSR count). The fourth-order valence-corrected chi connectivity index (χ4v) is 2.47. The van der Waals surface area contributed by atoms with Gasteiger partial charge >= 0.3 is 6.61 Å². The highest BCUT2D eigenvalue weighted by molar-refractivity contribution is 5.92. The molecule has 0 heterocycles. The average molecular weight is 360 g/mol. The maximum Gasteiger partial charge on any atom is 0.387 e. The summed E-state index contributed by atoms with van der Waals surface area (Å²) in [6.07, 6.45) is 2.59. The van der Waals surface area contributed by atoms with Crippen LogP contribution in [0.4, 0.5) is 14.5 Å². The van der Waals surface area contributed by atoms with E-state index >= 15 is 0 Å². The van der Waals surface area contributed by atoms with E-state index in [1.165, 1.54) is 29.8 Å². The van der Waals surface area contributed by atoms with Gasteiger partial charge in [0.05, 0.1) is 6.54 Å². The Kier molecular flexibility index (Phi) is 7.76. The Hall–Kier alpha value is -2.73. The second-order valence-electron chi connectivity index (χ2n) is 5.71. The molecule has 6 heteroatoms. The molecule has 2 aromatic carbocycles. The molecule has 0 radical (unpaired) electrons. The molecule has 1 amide bonds. The summed E-state index contributed by atoms with van der Waals surface area (Å²) in [6.45, 7) is 2.41. The molecule has 0 saturated carbocycles. The number of rotatable bonds is 10. The first-order chi connectivity index (χ1) is 12.6. The normalized spacial score (nSPS) is 10.8. The van der Waals surface area contributed by atoms with E-state index in [1.54, 1.807) is 6.08 Å². The summed E-state index contributed by atoms with van der Waals surface area (Å²) in [5, 5.41) is 2.75. The van der Waals surface area contributed by atoms with E-state index < -0.39 is 6.61 Å². The summed E-state index contributed by atoms with van der Waals surface area (Å²) in [7, 11) is 0. The van der Waals surface area contributed by atoms with Crippen molar-refractivity contribution in [2.75, 3.05) is 25.0 Å². The topological polar surface area (TPSA) is 41.6 Å². The van der Waals surface area contributed by atoms with E-state index in [4.69, 9.17) is 0 Å². The maximum atomic E-state index is 12.2. The number of benzene rings is 2. The standard InChI is InChI=1S/C20H22F2N2O2/c1-2-13-24(14-12-16-6-4-3-5-7-16)15-19(25)23-17-8-10-18(11-9-17)26-20(21)22/h2-11,20H,1,12-15H2,(H,23,25). The lowest BCUT2D eigenvalue weighted by Gasteiger charge is -2.20. The SMILES string of the molecule is C=CCN(CCc1ccccc1)CC(=O)Nc1ccc(OC(F)F)cc1. The average Bonchev–Trinajstić information content (AvgIpc) is 2.62. The van der Waals surface area contributed by atoms with Gasteiger partial charge in [-0.15, -0.1) is 6.58 Å². The monoisotopic (exact) mass is 360 g/mol. The summed E-state index contributed by atoms with van der Waals surface area (Å²) in [5.74, 6) is -0.128. The van der Waals surface area contributed by atoms with Crippen molar-refractivity contribution in [2.24, 2.45) is 0 Å². The predicted molar refractivity (Wildman–Crippen MR) is 98.5 cm³/mol. The predicted octanol–water partition coefficient (Wildman–Crippen LogP) is 3.96. The van der Waals surface area contributed by atoms with Crippen LogP contribution in [-0.4, -0.2) is 37.1 Å². The smallest absolute Gasteiger partial charge is 0.387 e. The second kappa shape index (κ2) is 10.3. The number of hydrogen-bond donors (Lipinski definition) is 1. The van der Waals surface area contributed by atoms with Crippen LogP contribution >= 0.6 is 0 Å². The molecule has 0 aromatic heterocycles. The summed E-state index contributed by atoms with van der Waals surface area (Å²) >= 11 is 0. The molecule has 4 nitrogen and oxygen atoms in total. The Morgan fingerprint density at radius 1 is 1.15 bits per heavy atom. The molecule has 1 N–H and O–H groups in total. The maximum absolute atomic E-state index is 12.2. The van der Waals surface area contributed by atoms with Crippen molar-refractivity contribution >= 4 is 11.6 Å². The van der Waals surface area contributed by atoms with Crippen LogP contribution in [0.2, 0.25) is 0 Å². The third kappa shape index (κ3) is 7.03. The zero-order valence-corrected chi connectivity index (χ0v) is 14.4. The van der Waals surface area contributed by atoms with Crippen molar-refractivity contribution in [2.45, 2.75) is 13.0 Å². The van der Waals surface area contributed by atoms with Gasteiger partial charge in [-0.3, -0.25) is 9.69 Å². The fraction of sp³-hybridized carbons (Fsp3) is 0.250. The van der Waals surface area contributed by atoms with Crippen LogP contribution in [0.5, 0.6) is 5.75 Å². The number of carbonyl (C=O) groups is 1. The van der Waals surface area contributed by atoms with E-state index in [9.17, 15) is 13.6 Å². The van der Waals surface area contributed by atoms with Crippen molar-refractivity contribution in [3.63, 3.8) is 0 Å². The molecule has 0 unspecified atom stereocenters. The molecule has 2 aromatic rings. The zero-order chi connectivity index (χ0) is 18.8. The Balaban J connectivity index is 1.85. The van der Waals surface area contributed by atoms with Crippen LogP contribution < -0.4 is 10.1 Å². The van der Waals surface area contributed by atoms with Crippen molar-refractivity contribution in [1.29, 1.82) is 0 Å². The van der Waals surface area contributed by atoms with E-state index in [0.29, 0.717) is 12.2 Å². The molecule has 26 heavy (non-hydrogen) atoms. The van der Waals surface area contributed by atoms with E-state index in [-0.39, 0.29) is 18.2 Å². The minimum absolute atomic E-state index is 0.0501. The molecule has 0 atom stereocenters. The molecule has 0 aliphatic heterocycles. The van der Waals surface area contributed by atoms with Gasteiger partial charge in [0.25, 0.3) is 0 Å². The number of anilines is 1. The minimum Gasteiger partial charge on any atom is -0.435 e. The van der Waals surface area contributed by atoms with Gasteiger partial charge < -0.3 is 10.1 Å². The van der Waals surface area contributed by atoms with Crippen molar-refractivity contribution in [3.05, 3.63) is 72.8 Å². The van der Waals surface area contributed by atoms with Crippen LogP contribution in [-0.2, 0) is 11.2 Å². The van der Waals surface area contributed by atoms with Crippen LogP contribution in [0.1, 0.15) is 5.56 Å². The molecular weight excluding hydrogens is 338 g/mol. The van der Waals surface area contributed by atoms with E-state index in [0.717, 1.165) is 13.0 Å². The Bertz CT molecular complexity index is 691. The van der Waals surface area contributed by atoms with Gasteiger partial charge in [-0.05, 0) is 36.2 Å². The van der Waals surface area contributed by atoms with Gasteiger partial charge in [-0.2, -0.15) is 8.78 Å². The number of nitrogens with one attached hydrogen (secondary N) is 1. The Labute approximate surface area is 152 Å². The van der Waals surface area contributed by atoms with Gasteiger partial charge in [0.1, 0.15) is 5.75 Å². The van der Waals surface area contributed by atoms with Crippen LogP contribution in [0.15, 0.2) is 67.3 Å². The van der Waals surface area contributed by atoms with Gasteiger partial charge in [-0.1, -0.05) is 36.4 Å². The Morgan fingerprint density at radius 2 is 1.85 bits per heavy atom. The van der Waals surface area contributed by atoms with Crippen LogP contribution in [0, 0.1) is 0 Å². The third-order valence-corrected chi connectivity index (χ3v) is 3.68. The lowest BCUT2D eigenvalue weighted by molar-refractivity contribution is -0.117. The Morgan fingerprint density at radius 3 is 2.46 bits per heavy atom. The van der Waals surface area contributed by atoms with Crippen molar-refractivity contribution < 1.29 is 18.3 Å². The van der Waals surface area contributed by atoms with Gasteiger partial charge in [0.15, 0.2) is 0 Å².